The maximum Gasteiger partial charge on any atom is 0.305 e. The minimum Gasteiger partial charge on any atom is -0.481 e. The summed E-state index contributed by atoms with van der Waals surface area (Å²) in [6, 6.07) is -0.345. The molecule has 0 radical (unpaired) electrons. The molecule has 0 aromatic carbocycles. The number of nitrogens with one attached hydrogen (secondary N) is 1. The molecular weight excluding hydrogens is 256 g/mol. The zero-order valence-corrected chi connectivity index (χ0v) is 13.2. The maximum atomic E-state index is 12.0. The highest BCUT2D eigenvalue weighted by molar-refractivity contribution is 5.77. The number of aliphatic carboxylic acids is 1. The number of hydrogen-bond donors (Lipinski definition) is 3. The first-order chi connectivity index (χ1) is 9.20. The molecule has 0 aromatic rings. The van der Waals surface area contributed by atoms with Crippen molar-refractivity contribution in [2.45, 2.75) is 65.8 Å². The van der Waals surface area contributed by atoms with Crippen LogP contribution in [0.25, 0.3) is 0 Å². The standard InChI is InChI=1S/C15H30N2O3/c1-5-11(8-9-16)6-7-13(18)17-12(10-14(19)20)15(2,3)4/h11-12H,5-10,16H2,1-4H3,(H,17,18)(H,19,20). The smallest absolute Gasteiger partial charge is 0.305 e. The Kier molecular flexibility index (Phi) is 8.46. The van der Waals surface area contributed by atoms with Gasteiger partial charge in [-0.3, -0.25) is 9.59 Å². The van der Waals surface area contributed by atoms with Gasteiger partial charge in [-0.2, -0.15) is 0 Å². The first kappa shape index (κ1) is 18.9. The number of amides is 1. The monoisotopic (exact) mass is 286 g/mol. The molecule has 118 valence electrons. The van der Waals surface area contributed by atoms with Gasteiger partial charge in [0.2, 0.25) is 5.91 Å². The fraction of sp³-hybridized carbons (Fsp3) is 0.867. The van der Waals surface area contributed by atoms with Gasteiger partial charge in [0.25, 0.3) is 0 Å². The van der Waals surface area contributed by atoms with Crippen molar-refractivity contribution in [3.05, 3.63) is 0 Å². The molecule has 0 aliphatic heterocycles. The van der Waals surface area contributed by atoms with Crippen molar-refractivity contribution in [3.8, 4) is 0 Å². The molecule has 0 rings (SSSR count). The number of carbonyl (C=O) groups is 2. The van der Waals surface area contributed by atoms with Crippen LogP contribution in [-0.2, 0) is 9.59 Å². The highest BCUT2D eigenvalue weighted by Gasteiger charge is 2.28. The summed E-state index contributed by atoms with van der Waals surface area (Å²) in [4.78, 5) is 22.8. The van der Waals surface area contributed by atoms with Crippen LogP contribution < -0.4 is 11.1 Å². The minimum atomic E-state index is -0.889. The van der Waals surface area contributed by atoms with Crippen molar-refractivity contribution in [2.75, 3.05) is 6.54 Å². The Morgan fingerprint density at radius 3 is 2.25 bits per heavy atom. The van der Waals surface area contributed by atoms with Gasteiger partial charge < -0.3 is 16.2 Å². The Morgan fingerprint density at radius 2 is 1.85 bits per heavy atom. The lowest BCUT2D eigenvalue weighted by molar-refractivity contribution is -0.138. The Morgan fingerprint density at radius 1 is 1.25 bits per heavy atom. The lowest BCUT2D eigenvalue weighted by Gasteiger charge is -2.30. The lowest BCUT2D eigenvalue weighted by Crippen LogP contribution is -2.45. The Bertz CT molecular complexity index is 311. The molecule has 5 nitrogen and oxygen atoms in total. The molecule has 0 saturated carbocycles. The average Bonchev–Trinajstić information content (AvgIpc) is 2.32. The number of carboxylic acids is 1. The molecule has 0 saturated heterocycles. The minimum absolute atomic E-state index is 0.0464. The number of carbonyl (C=O) groups excluding carboxylic acids is 1. The molecule has 5 heteroatoms. The van der Waals surface area contributed by atoms with Crippen LogP contribution in [0.3, 0.4) is 0 Å². The Hall–Kier alpha value is -1.10. The van der Waals surface area contributed by atoms with Crippen LogP contribution in [0.4, 0.5) is 0 Å². The van der Waals surface area contributed by atoms with Crippen molar-refractivity contribution >= 4 is 11.9 Å². The lowest BCUT2D eigenvalue weighted by atomic mass is 9.84. The summed E-state index contributed by atoms with van der Waals surface area (Å²) in [5, 5.41) is 11.8. The zero-order chi connectivity index (χ0) is 15.8. The summed E-state index contributed by atoms with van der Waals surface area (Å²) in [7, 11) is 0. The van der Waals surface area contributed by atoms with E-state index in [-0.39, 0.29) is 23.8 Å². The summed E-state index contributed by atoms with van der Waals surface area (Å²) >= 11 is 0. The van der Waals surface area contributed by atoms with E-state index >= 15 is 0 Å². The van der Waals surface area contributed by atoms with E-state index in [2.05, 4.69) is 12.2 Å². The summed E-state index contributed by atoms with van der Waals surface area (Å²) < 4.78 is 0. The molecule has 2 unspecified atom stereocenters. The van der Waals surface area contributed by atoms with Crippen LogP contribution in [0.15, 0.2) is 0 Å². The van der Waals surface area contributed by atoms with Crippen LogP contribution >= 0.6 is 0 Å². The molecule has 1 amide bonds. The molecule has 2 atom stereocenters. The van der Waals surface area contributed by atoms with Crippen LogP contribution in [0.2, 0.25) is 0 Å². The molecule has 0 aliphatic rings. The van der Waals surface area contributed by atoms with Gasteiger partial charge in [-0.1, -0.05) is 34.1 Å². The molecule has 0 bridgehead atoms. The fourth-order valence-electron chi connectivity index (χ4n) is 2.14. The van der Waals surface area contributed by atoms with E-state index in [0.29, 0.717) is 18.9 Å². The van der Waals surface area contributed by atoms with Crippen LogP contribution in [-0.4, -0.2) is 29.6 Å². The fourth-order valence-corrected chi connectivity index (χ4v) is 2.14. The van der Waals surface area contributed by atoms with Gasteiger partial charge in [-0.05, 0) is 30.7 Å². The third-order valence-corrected chi connectivity index (χ3v) is 3.69. The van der Waals surface area contributed by atoms with E-state index in [1.165, 1.54) is 0 Å². The summed E-state index contributed by atoms with van der Waals surface area (Å²) in [6.45, 7) is 8.54. The highest BCUT2D eigenvalue weighted by atomic mass is 16.4. The van der Waals surface area contributed by atoms with E-state index in [1.807, 2.05) is 20.8 Å². The van der Waals surface area contributed by atoms with Crippen LogP contribution in [0, 0.1) is 11.3 Å². The molecule has 0 aliphatic carbocycles. The largest absolute Gasteiger partial charge is 0.481 e. The topological polar surface area (TPSA) is 92.4 Å². The third-order valence-electron chi connectivity index (χ3n) is 3.69. The second-order valence-corrected chi connectivity index (χ2v) is 6.47. The van der Waals surface area contributed by atoms with E-state index < -0.39 is 5.97 Å². The number of nitrogens with two attached hydrogens (primary N) is 1. The first-order valence-corrected chi connectivity index (χ1v) is 7.41. The predicted molar refractivity (Wildman–Crippen MR) is 80.3 cm³/mol. The van der Waals surface area contributed by atoms with E-state index in [1.54, 1.807) is 0 Å². The van der Waals surface area contributed by atoms with Gasteiger partial charge in [0, 0.05) is 12.5 Å². The second kappa shape index (κ2) is 8.95. The van der Waals surface area contributed by atoms with Crippen molar-refractivity contribution in [1.29, 1.82) is 0 Å². The van der Waals surface area contributed by atoms with Gasteiger partial charge in [0.1, 0.15) is 0 Å². The maximum absolute atomic E-state index is 12.0. The van der Waals surface area contributed by atoms with Crippen molar-refractivity contribution in [2.24, 2.45) is 17.1 Å². The first-order valence-electron chi connectivity index (χ1n) is 7.41. The highest BCUT2D eigenvalue weighted by Crippen LogP contribution is 2.22. The summed E-state index contributed by atoms with van der Waals surface area (Å²) in [6.07, 6.45) is 3.15. The Labute approximate surface area is 122 Å². The molecule has 0 fully saturated rings. The molecule has 0 heterocycles. The van der Waals surface area contributed by atoms with Gasteiger partial charge in [-0.25, -0.2) is 0 Å². The van der Waals surface area contributed by atoms with Crippen molar-refractivity contribution in [1.82, 2.24) is 5.32 Å². The number of carboxylic acid groups (broad SMARTS) is 1. The van der Waals surface area contributed by atoms with Gasteiger partial charge in [0.05, 0.1) is 6.42 Å². The molecule has 0 spiro atoms. The normalized spacial score (nSPS) is 14.7. The number of rotatable bonds is 9. The van der Waals surface area contributed by atoms with Crippen molar-refractivity contribution in [3.63, 3.8) is 0 Å². The van der Waals surface area contributed by atoms with E-state index in [4.69, 9.17) is 10.8 Å². The van der Waals surface area contributed by atoms with Gasteiger partial charge in [0.15, 0.2) is 0 Å². The molecule has 0 aromatic heterocycles. The summed E-state index contributed by atoms with van der Waals surface area (Å²) in [5.41, 5.74) is 5.27. The molecule has 4 N–H and O–H groups in total. The third kappa shape index (κ3) is 8.15. The number of hydrogen-bond acceptors (Lipinski definition) is 3. The zero-order valence-electron chi connectivity index (χ0n) is 13.2. The van der Waals surface area contributed by atoms with Crippen LogP contribution in [0.5, 0.6) is 0 Å². The SMILES string of the molecule is CCC(CCN)CCC(=O)NC(CC(=O)O)C(C)(C)C. The van der Waals surface area contributed by atoms with E-state index in [9.17, 15) is 9.59 Å². The molecular formula is C15H30N2O3. The quantitative estimate of drug-likeness (QED) is 0.605. The Balaban J connectivity index is 4.36. The van der Waals surface area contributed by atoms with Gasteiger partial charge >= 0.3 is 5.97 Å². The summed E-state index contributed by atoms with van der Waals surface area (Å²) in [5.74, 6) is -0.486. The second-order valence-electron chi connectivity index (χ2n) is 6.47. The van der Waals surface area contributed by atoms with Crippen LogP contribution in [0.1, 0.15) is 59.8 Å². The predicted octanol–water partition coefficient (Wildman–Crippen LogP) is 2.15. The average molecular weight is 286 g/mol. The molecule has 20 heavy (non-hydrogen) atoms. The van der Waals surface area contributed by atoms with Crippen molar-refractivity contribution < 1.29 is 14.7 Å². The van der Waals surface area contributed by atoms with Gasteiger partial charge in [-0.15, -0.1) is 0 Å². The van der Waals surface area contributed by atoms with E-state index in [0.717, 1.165) is 19.3 Å².